The summed E-state index contributed by atoms with van der Waals surface area (Å²) in [5.41, 5.74) is 4.11. The maximum Gasteiger partial charge on any atom is 0.117 e. The summed E-state index contributed by atoms with van der Waals surface area (Å²) in [5, 5.41) is 22.8. The lowest BCUT2D eigenvalue weighted by atomic mass is 10.1. The third-order valence-electron chi connectivity index (χ3n) is 4.32. The van der Waals surface area contributed by atoms with Crippen molar-refractivity contribution in [2.24, 2.45) is 20.5 Å². The molecule has 0 fully saturated rings. The second-order valence-corrected chi connectivity index (χ2v) is 6.18. The van der Waals surface area contributed by atoms with Crippen molar-refractivity contribution in [3.8, 4) is 0 Å². The Morgan fingerprint density at radius 1 is 0.536 bits per heavy atom. The second-order valence-electron chi connectivity index (χ2n) is 6.18. The van der Waals surface area contributed by atoms with Gasteiger partial charge in [0.2, 0.25) is 0 Å². The highest BCUT2D eigenvalue weighted by atomic mass is 15.1. The number of benzene rings is 4. The molecule has 0 spiro atoms. The van der Waals surface area contributed by atoms with Crippen LogP contribution in [0.1, 0.15) is 0 Å². The van der Waals surface area contributed by atoms with Crippen LogP contribution in [0.3, 0.4) is 0 Å². The van der Waals surface area contributed by atoms with Gasteiger partial charge in [0.05, 0.1) is 22.7 Å². The van der Waals surface area contributed by atoms with E-state index in [1.54, 1.807) is 0 Å². The molecule has 0 aliphatic rings. The van der Waals surface area contributed by atoms with Crippen LogP contribution in [0.4, 0.5) is 28.4 Å². The highest BCUT2D eigenvalue weighted by molar-refractivity contribution is 5.98. The van der Waals surface area contributed by atoms with Gasteiger partial charge in [-0.05, 0) is 47.9 Å². The number of rotatable bonds is 5. The third kappa shape index (κ3) is 3.94. The molecule has 5 nitrogen and oxygen atoms in total. The van der Waals surface area contributed by atoms with Gasteiger partial charge in [-0.3, -0.25) is 0 Å². The Bertz CT molecular complexity index is 1130. The van der Waals surface area contributed by atoms with E-state index in [4.69, 9.17) is 0 Å². The zero-order chi connectivity index (χ0) is 19.2. The summed E-state index contributed by atoms with van der Waals surface area (Å²) in [5.74, 6) is 0. The minimum absolute atomic E-state index is 0.758. The zero-order valence-corrected chi connectivity index (χ0v) is 15.4. The molecule has 0 radical (unpaired) electrons. The van der Waals surface area contributed by atoms with Crippen LogP contribution in [0, 0.1) is 0 Å². The van der Waals surface area contributed by atoms with Crippen LogP contribution in [0.15, 0.2) is 111 Å². The maximum absolute atomic E-state index is 4.51. The van der Waals surface area contributed by atoms with Crippen molar-refractivity contribution in [3.63, 3.8) is 0 Å². The Labute approximate surface area is 163 Å². The van der Waals surface area contributed by atoms with Gasteiger partial charge in [0, 0.05) is 12.4 Å². The first-order valence-corrected chi connectivity index (χ1v) is 9.01. The van der Waals surface area contributed by atoms with E-state index in [-0.39, 0.29) is 0 Å². The van der Waals surface area contributed by atoms with Gasteiger partial charge in [-0.1, -0.05) is 48.5 Å². The Balaban J connectivity index is 1.57. The molecule has 5 heteroatoms. The van der Waals surface area contributed by atoms with E-state index >= 15 is 0 Å². The van der Waals surface area contributed by atoms with Crippen LogP contribution in [-0.4, -0.2) is 7.05 Å². The molecule has 4 aromatic rings. The van der Waals surface area contributed by atoms with Crippen molar-refractivity contribution in [2.45, 2.75) is 0 Å². The van der Waals surface area contributed by atoms with Crippen LogP contribution < -0.4 is 5.32 Å². The third-order valence-corrected chi connectivity index (χ3v) is 4.32. The molecule has 0 atom stereocenters. The monoisotopic (exact) mass is 365 g/mol. The van der Waals surface area contributed by atoms with E-state index in [1.165, 1.54) is 0 Å². The highest BCUT2D eigenvalue weighted by Crippen LogP contribution is 2.35. The van der Waals surface area contributed by atoms with Crippen LogP contribution in [-0.2, 0) is 0 Å². The highest BCUT2D eigenvalue weighted by Gasteiger charge is 2.05. The predicted octanol–water partition coefficient (Wildman–Crippen LogP) is 7.71. The van der Waals surface area contributed by atoms with Gasteiger partial charge in [0.15, 0.2) is 0 Å². The van der Waals surface area contributed by atoms with Gasteiger partial charge < -0.3 is 5.32 Å². The molecule has 4 aromatic carbocycles. The molecule has 0 unspecified atom stereocenters. The number of nitrogens with one attached hydrogen (secondary N) is 1. The SMILES string of the molecule is CNc1ccc2ccccc2c1N=Nc1ccc(N=Nc2ccccc2)cc1. The molecule has 0 amide bonds. The average molecular weight is 365 g/mol. The average Bonchev–Trinajstić information content (AvgIpc) is 2.77. The first-order valence-electron chi connectivity index (χ1n) is 9.01. The molecule has 0 aliphatic carbocycles. The molecular formula is C23H19N5. The summed E-state index contributed by atoms with van der Waals surface area (Å²) in [6.07, 6.45) is 0. The lowest BCUT2D eigenvalue weighted by Crippen LogP contribution is -1.88. The van der Waals surface area contributed by atoms with Gasteiger partial charge in [-0.15, -0.1) is 5.11 Å². The first-order chi connectivity index (χ1) is 13.8. The molecule has 28 heavy (non-hydrogen) atoms. The van der Waals surface area contributed by atoms with Crippen molar-refractivity contribution >= 4 is 39.2 Å². The number of azo groups is 2. The predicted molar refractivity (Wildman–Crippen MR) is 115 cm³/mol. The van der Waals surface area contributed by atoms with Crippen molar-refractivity contribution < 1.29 is 0 Å². The zero-order valence-electron chi connectivity index (χ0n) is 15.4. The van der Waals surface area contributed by atoms with Gasteiger partial charge >= 0.3 is 0 Å². The fourth-order valence-corrected chi connectivity index (χ4v) is 2.87. The van der Waals surface area contributed by atoms with E-state index < -0.39 is 0 Å². The Kier molecular flexibility index (Phi) is 5.15. The Hall–Kier alpha value is -3.86. The second kappa shape index (κ2) is 8.22. The first kappa shape index (κ1) is 17.5. The molecule has 0 aromatic heterocycles. The topological polar surface area (TPSA) is 61.5 Å². The molecule has 1 N–H and O–H groups in total. The number of anilines is 1. The van der Waals surface area contributed by atoms with E-state index in [1.807, 2.05) is 79.8 Å². The van der Waals surface area contributed by atoms with Gasteiger partial charge in [0.25, 0.3) is 0 Å². The van der Waals surface area contributed by atoms with Gasteiger partial charge in [0.1, 0.15) is 5.69 Å². The van der Waals surface area contributed by atoms with E-state index in [0.29, 0.717) is 0 Å². The number of hydrogen-bond acceptors (Lipinski definition) is 5. The van der Waals surface area contributed by atoms with Gasteiger partial charge in [-0.25, -0.2) is 0 Å². The number of fused-ring (bicyclic) bond motifs is 1. The van der Waals surface area contributed by atoms with Crippen molar-refractivity contribution in [1.82, 2.24) is 0 Å². The molecule has 0 saturated carbocycles. The fourth-order valence-electron chi connectivity index (χ4n) is 2.87. The minimum Gasteiger partial charge on any atom is -0.386 e. The lowest BCUT2D eigenvalue weighted by Gasteiger charge is -2.07. The van der Waals surface area contributed by atoms with Crippen molar-refractivity contribution in [1.29, 1.82) is 0 Å². The lowest BCUT2D eigenvalue weighted by molar-refractivity contribution is 1.21. The molecule has 0 bridgehead atoms. The summed E-state index contributed by atoms with van der Waals surface area (Å²) in [4.78, 5) is 0. The van der Waals surface area contributed by atoms with Crippen LogP contribution >= 0.6 is 0 Å². The molecule has 0 aliphatic heterocycles. The quantitative estimate of drug-likeness (QED) is 0.362. The fraction of sp³-hybridized carbons (Fsp3) is 0.0435. The molecule has 0 saturated heterocycles. The standard InChI is InChI=1S/C23H19N5/c1-24-22-16-11-17-7-5-6-10-21(17)23(22)28-27-20-14-12-19(13-15-20)26-25-18-8-3-2-4-9-18/h2-16,24H,1H3. The van der Waals surface area contributed by atoms with Crippen molar-refractivity contribution in [2.75, 3.05) is 12.4 Å². The summed E-state index contributed by atoms with van der Waals surface area (Å²) in [6.45, 7) is 0. The molecule has 4 rings (SSSR count). The van der Waals surface area contributed by atoms with Crippen LogP contribution in [0.2, 0.25) is 0 Å². The number of hydrogen-bond donors (Lipinski definition) is 1. The van der Waals surface area contributed by atoms with E-state index in [0.717, 1.165) is 39.2 Å². The maximum atomic E-state index is 4.51. The smallest absolute Gasteiger partial charge is 0.117 e. The molecule has 136 valence electrons. The summed E-state index contributed by atoms with van der Waals surface area (Å²) in [7, 11) is 1.88. The van der Waals surface area contributed by atoms with E-state index in [9.17, 15) is 0 Å². The van der Waals surface area contributed by atoms with Crippen LogP contribution in [0.5, 0.6) is 0 Å². The Morgan fingerprint density at radius 3 is 1.79 bits per heavy atom. The summed E-state index contributed by atoms with van der Waals surface area (Å²) in [6, 6.07) is 29.4. The number of nitrogens with zero attached hydrogens (tertiary/aromatic N) is 4. The van der Waals surface area contributed by atoms with Gasteiger partial charge in [-0.2, -0.15) is 15.3 Å². The van der Waals surface area contributed by atoms with Crippen LogP contribution in [0.25, 0.3) is 10.8 Å². The minimum atomic E-state index is 0.758. The normalized spacial score (nSPS) is 11.5. The largest absolute Gasteiger partial charge is 0.386 e. The van der Waals surface area contributed by atoms with Crippen molar-refractivity contribution in [3.05, 3.63) is 91.0 Å². The Morgan fingerprint density at radius 2 is 1.11 bits per heavy atom. The molecule has 0 heterocycles. The molecular weight excluding hydrogens is 346 g/mol. The summed E-state index contributed by atoms with van der Waals surface area (Å²) >= 11 is 0. The summed E-state index contributed by atoms with van der Waals surface area (Å²) < 4.78 is 0. The van der Waals surface area contributed by atoms with E-state index in [2.05, 4.69) is 44.0 Å².